The highest BCUT2D eigenvalue weighted by molar-refractivity contribution is 7.92. The molecule has 0 aliphatic heterocycles. The van der Waals surface area contributed by atoms with Gasteiger partial charge in [0.05, 0.1) is 38.0 Å². The van der Waals surface area contributed by atoms with Crippen LogP contribution in [-0.2, 0) is 14.8 Å². The molecule has 180 valence electrons. The van der Waals surface area contributed by atoms with Crippen LogP contribution >= 0.6 is 0 Å². The Bertz CT molecular complexity index is 1230. The number of carbonyl (C=O) groups excluding carboxylic acids is 1. The smallest absolute Gasteiger partial charge is 0.264 e. The second kappa shape index (κ2) is 10.9. The largest absolute Gasteiger partial charge is 0.496 e. The highest BCUT2D eigenvalue weighted by atomic mass is 32.2. The molecule has 0 fully saturated rings. The molecule has 0 radical (unpaired) electrons. The first kappa shape index (κ1) is 24.9. The third kappa shape index (κ3) is 5.43. The Morgan fingerprint density at radius 1 is 0.853 bits per heavy atom. The average Bonchev–Trinajstić information content (AvgIpc) is 2.87. The van der Waals surface area contributed by atoms with Gasteiger partial charge in [-0.25, -0.2) is 8.42 Å². The number of methoxy groups -OCH3 is 3. The first-order valence-corrected chi connectivity index (χ1v) is 12.0. The number of hydrogen-bond acceptors (Lipinski definition) is 6. The molecule has 1 N–H and O–H groups in total. The Balaban J connectivity index is 1.92. The fourth-order valence-corrected chi connectivity index (χ4v) is 4.97. The zero-order chi connectivity index (χ0) is 24.7. The van der Waals surface area contributed by atoms with Crippen LogP contribution in [0.15, 0.2) is 77.7 Å². The van der Waals surface area contributed by atoms with E-state index in [1.165, 1.54) is 32.4 Å². The summed E-state index contributed by atoms with van der Waals surface area (Å²) < 4.78 is 44.2. The zero-order valence-corrected chi connectivity index (χ0v) is 20.3. The van der Waals surface area contributed by atoms with Gasteiger partial charge in [0.15, 0.2) is 11.5 Å². The lowest BCUT2D eigenvalue weighted by Crippen LogP contribution is -2.41. The van der Waals surface area contributed by atoms with Crippen LogP contribution in [0.4, 0.5) is 5.69 Å². The van der Waals surface area contributed by atoms with Crippen molar-refractivity contribution in [2.24, 2.45) is 0 Å². The number of para-hydroxylation sites is 2. The fraction of sp³-hybridized carbons (Fsp3) is 0.240. The van der Waals surface area contributed by atoms with Gasteiger partial charge in [0, 0.05) is 11.6 Å². The lowest BCUT2D eigenvalue weighted by atomic mass is 10.1. The number of anilines is 1. The molecule has 0 heterocycles. The number of sulfonamides is 1. The molecule has 8 nitrogen and oxygen atoms in total. The maximum Gasteiger partial charge on any atom is 0.264 e. The van der Waals surface area contributed by atoms with Gasteiger partial charge >= 0.3 is 0 Å². The summed E-state index contributed by atoms with van der Waals surface area (Å²) in [6, 6.07) is 19.7. The number of nitrogens with zero attached hydrogens (tertiary/aromatic N) is 1. The Labute approximate surface area is 200 Å². The lowest BCUT2D eigenvalue weighted by molar-refractivity contribution is -0.120. The molecular formula is C25H28N2O6S. The summed E-state index contributed by atoms with van der Waals surface area (Å²) in [5.41, 5.74) is 1.14. The van der Waals surface area contributed by atoms with E-state index in [0.717, 1.165) is 9.87 Å². The molecule has 1 atom stereocenters. The summed E-state index contributed by atoms with van der Waals surface area (Å²) in [5.74, 6) is 0.835. The Kier molecular flexibility index (Phi) is 8.01. The van der Waals surface area contributed by atoms with E-state index in [0.29, 0.717) is 17.2 Å². The highest BCUT2D eigenvalue weighted by Gasteiger charge is 2.29. The summed E-state index contributed by atoms with van der Waals surface area (Å²) in [4.78, 5) is 13.0. The number of amides is 1. The SMILES string of the molecule is COc1ccc(S(=O)(=O)N(CC(=O)NC(C)c2ccccc2OC)c2ccccc2)cc1OC. The van der Waals surface area contributed by atoms with Crippen molar-refractivity contribution in [1.82, 2.24) is 5.32 Å². The minimum atomic E-state index is -4.11. The van der Waals surface area contributed by atoms with Crippen molar-refractivity contribution >= 4 is 21.6 Å². The molecule has 0 bridgehead atoms. The normalized spacial score (nSPS) is 11.9. The number of rotatable bonds is 10. The van der Waals surface area contributed by atoms with Crippen LogP contribution in [0, 0.1) is 0 Å². The molecule has 1 amide bonds. The van der Waals surface area contributed by atoms with E-state index >= 15 is 0 Å². The monoisotopic (exact) mass is 484 g/mol. The van der Waals surface area contributed by atoms with Gasteiger partial charge in [0.2, 0.25) is 5.91 Å². The van der Waals surface area contributed by atoms with Crippen molar-refractivity contribution in [2.75, 3.05) is 32.2 Å². The second-order valence-electron chi connectivity index (χ2n) is 7.40. The van der Waals surface area contributed by atoms with E-state index in [1.807, 2.05) is 25.1 Å². The summed E-state index contributed by atoms with van der Waals surface area (Å²) in [7, 11) is 0.342. The Morgan fingerprint density at radius 3 is 2.12 bits per heavy atom. The molecule has 0 saturated carbocycles. The van der Waals surface area contributed by atoms with Crippen molar-refractivity contribution < 1.29 is 27.4 Å². The van der Waals surface area contributed by atoms with Gasteiger partial charge in [0.25, 0.3) is 10.0 Å². The van der Waals surface area contributed by atoms with Crippen molar-refractivity contribution in [1.29, 1.82) is 0 Å². The molecule has 1 unspecified atom stereocenters. The van der Waals surface area contributed by atoms with Gasteiger partial charge in [-0.05, 0) is 37.3 Å². The van der Waals surface area contributed by atoms with Crippen LogP contribution in [0.3, 0.4) is 0 Å². The average molecular weight is 485 g/mol. The van der Waals surface area contributed by atoms with E-state index < -0.39 is 28.5 Å². The molecule has 34 heavy (non-hydrogen) atoms. The van der Waals surface area contributed by atoms with Crippen LogP contribution in [-0.4, -0.2) is 42.2 Å². The van der Waals surface area contributed by atoms with E-state index in [-0.39, 0.29) is 10.6 Å². The van der Waals surface area contributed by atoms with E-state index in [9.17, 15) is 13.2 Å². The summed E-state index contributed by atoms with van der Waals surface area (Å²) in [6.07, 6.45) is 0. The molecule has 3 aromatic carbocycles. The molecule has 0 saturated heterocycles. The summed E-state index contributed by atoms with van der Waals surface area (Å²) >= 11 is 0. The molecule has 0 aliphatic rings. The number of hydrogen-bond donors (Lipinski definition) is 1. The second-order valence-corrected chi connectivity index (χ2v) is 9.26. The molecule has 9 heteroatoms. The fourth-order valence-electron chi connectivity index (χ4n) is 3.53. The third-order valence-corrected chi connectivity index (χ3v) is 7.03. The quantitative estimate of drug-likeness (QED) is 0.471. The van der Waals surface area contributed by atoms with E-state index in [2.05, 4.69) is 5.32 Å². The first-order chi connectivity index (χ1) is 16.3. The van der Waals surface area contributed by atoms with Gasteiger partial charge in [-0.2, -0.15) is 0 Å². The maximum atomic E-state index is 13.6. The third-order valence-electron chi connectivity index (χ3n) is 5.26. The summed E-state index contributed by atoms with van der Waals surface area (Å²) in [6.45, 7) is 1.39. The minimum Gasteiger partial charge on any atom is -0.496 e. The highest BCUT2D eigenvalue weighted by Crippen LogP contribution is 2.32. The molecular weight excluding hydrogens is 456 g/mol. The predicted octanol–water partition coefficient (Wildman–Crippen LogP) is 3.79. The number of carbonyl (C=O) groups is 1. The van der Waals surface area contributed by atoms with E-state index in [1.54, 1.807) is 43.5 Å². The molecule has 0 aliphatic carbocycles. The van der Waals surface area contributed by atoms with Crippen LogP contribution < -0.4 is 23.8 Å². The van der Waals surface area contributed by atoms with Crippen molar-refractivity contribution in [3.8, 4) is 17.2 Å². The number of benzene rings is 3. The van der Waals surface area contributed by atoms with Crippen LogP contribution in [0.5, 0.6) is 17.2 Å². The van der Waals surface area contributed by atoms with Crippen LogP contribution in [0.1, 0.15) is 18.5 Å². The van der Waals surface area contributed by atoms with Crippen molar-refractivity contribution in [2.45, 2.75) is 17.9 Å². The molecule has 0 spiro atoms. The standard InChI is InChI=1S/C25H28N2O6S/c1-18(21-12-8-9-13-22(21)31-2)26-25(28)17-27(19-10-6-5-7-11-19)34(29,30)20-14-15-23(32-3)24(16-20)33-4/h5-16,18H,17H2,1-4H3,(H,26,28). The minimum absolute atomic E-state index is 0.0282. The molecule has 3 aromatic rings. The first-order valence-electron chi connectivity index (χ1n) is 10.5. The lowest BCUT2D eigenvalue weighted by Gasteiger charge is -2.25. The topological polar surface area (TPSA) is 94.2 Å². The Morgan fingerprint density at radius 2 is 1.47 bits per heavy atom. The number of ether oxygens (including phenoxy) is 3. The Hall–Kier alpha value is -3.72. The zero-order valence-electron chi connectivity index (χ0n) is 19.5. The maximum absolute atomic E-state index is 13.6. The van der Waals surface area contributed by atoms with Gasteiger partial charge in [-0.3, -0.25) is 9.10 Å². The van der Waals surface area contributed by atoms with Gasteiger partial charge in [-0.15, -0.1) is 0 Å². The molecule has 3 rings (SSSR count). The van der Waals surface area contributed by atoms with E-state index in [4.69, 9.17) is 14.2 Å². The van der Waals surface area contributed by atoms with Crippen molar-refractivity contribution in [3.05, 3.63) is 78.4 Å². The van der Waals surface area contributed by atoms with Gasteiger partial charge in [-0.1, -0.05) is 36.4 Å². The van der Waals surface area contributed by atoms with Crippen LogP contribution in [0.25, 0.3) is 0 Å². The van der Waals surface area contributed by atoms with Crippen LogP contribution in [0.2, 0.25) is 0 Å². The predicted molar refractivity (Wildman–Crippen MR) is 130 cm³/mol. The number of nitrogens with one attached hydrogen (secondary N) is 1. The van der Waals surface area contributed by atoms with Gasteiger partial charge in [0.1, 0.15) is 12.3 Å². The summed E-state index contributed by atoms with van der Waals surface area (Å²) in [5, 5.41) is 2.87. The van der Waals surface area contributed by atoms with Gasteiger partial charge < -0.3 is 19.5 Å². The molecule has 0 aromatic heterocycles. The van der Waals surface area contributed by atoms with Crippen molar-refractivity contribution in [3.63, 3.8) is 0 Å².